The minimum atomic E-state index is 0. The van der Waals surface area contributed by atoms with Crippen molar-refractivity contribution in [3.8, 4) is 0 Å². The van der Waals surface area contributed by atoms with E-state index in [9.17, 15) is 0 Å². The van der Waals surface area contributed by atoms with Gasteiger partial charge in [-0.2, -0.15) is 12.8 Å². The molecule has 0 aromatic rings. The number of rotatable bonds is 1. The maximum Gasteiger partial charge on any atom is 2.00 e. The second-order valence-electron chi connectivity index (χ2n) is 2.76. The molecule has 1 aliphatic rings. The summed E-state index contributed by atoms with van der Waals surface area (Å²) < 4.78 is 0. The number of hydrogen-bond donors (Lipinski definition) is 2. The van der Waals surface area contributed by atoms with Crippen molar-refractivity contribution in [3.05, 3.63) is 6.92 Å². The standard InChI is InChI=1S/C7H13N2.C2H5.U/c8-5-6-1-3-7(9)4-2-6;1-2;/h6-8H,1-4,9H2;1H2,2H3;/q2*-1;+2. The van der Waals surface area contributed by atoms with Crippen LogP contribution in [0.3, 0.4) is 0 Å². The summed E-state index contributed by atoms with van der Waals surface area (Å²) in [5.74, 6) is 0.407. The Morgan fingerprint density at radius 3 is 2.00 bits per heavy atom. The zero-order valence-corrected chi connectivity index (χ0v) is 11.9. The van der Waals surface area contributed by atoms with Gasteiger partial charge in [-0.05, 0) is 12.8 Å². The maximum absolute atomic E-state index is 6.87. The van der Waals surface area contributed by atoms with Crippen LogP contribution in [0.1, 0.15) is 32.6 Å². The summed E-state index contributed by atoms with van der Waals surface area (Å²) in [5, 5.41) is 6.87. The summed E-state index contributed by atoms with van der Waals surface area (Å²) in [4.78, 5) is 0. The fourth-order valence-corrected chi connectivity index (χ4v) is 1.26. The summed E-state index contributed by atoms with van der Waals surface area (Å²) >= 11 is 0. The molecular weight excluding hydrogens is 374 g/mol. The fourth-order valence-electron chi connectivity index (χ4n) is 1.26. The smallest absolute Gasteiger partial charge is 0.518 e. The normalized spacial score (nSPS) is 27.6. The van der Waals surface area contributed by atoms with Gasteiger partial charge in [0.25, 0.3) is 0 Å². The largest absolute Gasteiger partial charge is 2.00 e. The van der Waals surface area contributed by atoms with Crippen LogP contribution in [-0.4, -0.2) is 12.3 Å². The molecule has 0 heterocycles. The van der Waals surface area contributed by atoms with E-state index in [1.807, 2.05) is 0 Å². The van der Waals surface area contributed by atoms with Crippen LogP contribution in [0, 0.1) is 49.4 Å². The Balaban J connectivity index is 0. The van der Waals surface area contributed by atoms with Crippen LogP contribution in [0.4, 0.5) is 0 Å². The van der Waals surface area contributed by atoms with Crippen LogP contribution >= 0.6 is 0 Å². The third-order valence-electron chi connectivity index (χ3n) is 1.98. The minimum Gasteiger partial charge on any atom is -0.518 e. The number of hydrogen-bond acceptors (Lipinski definition) is 2. The van der Waals surface area contributed by atoms with Crippen molar-refractivity contribution in [1.29, 1.82) is 5.41 Å². The summed E-state index contributed by atoms with van der Waals surface area (Å²) in [6.45, 7) is 5.00. The first kappa shape index (κ1) is 15.2. The molecule has 0 aliphatic heterocycles. The monoisotopic (exact) mass is 392 g/mol. The van der Waals surface area contributed by atoms with Crippen LogP contribution in [-0.2, 0) is 0 Å². The molecule has 1 aliphatic carbocycles. The molecule has 0 amide bonds. The van der Waals surface area contributed by atoms with Gasteiger partial charge in [-0.25, -0.2) is 0 Å². The summed E-state index contributed by atoms with van der Waals surface area (Å²) in [7, 11) is 0. The fraction of sp³-hybridized carbons (Fsp3) is 0.778. The first-order valence-corrected chi connectivity index (χ1v) is 4.21. The minimum absolute atomic E-state index is 0. The second-order valence-corrected chi connectivity index (χ2v) is 2.76. The van der Waals surface area contributed by atoms with Gasteiger partial charge in [0.1, 0.15) is 0 Å². The molecule has 2 nitrogen and oxygen atoms in total. The predicted octanol–water partition coefficient (Wildman–Crippen LogP) is 1.87. The third kappa shape index (κ3) is 6.23. The third-order valence-corrected chi connectivity index (χ3v) is 1.98. The Kier molecular flexibility index (Phi) is 12.3. The van der Waals surface area contributed by atoms with Gasteiger partial charge in [0.05, 0.1) is 0 Å². The Morgan fingerprint density at radius 1 is 1.25 bits per heavy atom. The van der Waals surface area contributed by atoms with Crippen molar-refractivity contribution in [2.24, 2.45) is 11.7 Å². The first-order chi connectivity index (χ1) is 5.33. The van der Waals surface area contributed by atoms with Crippen LogP contribution in [0.2, 0.25) is 0 Å². The van der Waals surface area contributed by atoms with Crippen molar-refractivity contribution < 1.29 is 31.1 Å². The SMILES string of the molecule is N=[C-]C1CCC(N)CC1.[CH2-]C.[U+2]. The van der Waals surface area contributed by atoms with Crippen molar-refractivity contribution in [2.45, 2.75) is 38.6 Å². The molecular formula is C9H18N2U. The molecule has 3 N–H and O–H groups in total. The first-order valence-electron chi connectivity index (χ1n) is 4.21. The van der Waals surface area contributed by atoms with E-state index in [-0.39, 0.29) is 31.1 Å². The van der Waals surface area contributed by atoms with E-state index in [1.54, 1.807) is 6.92 Å². The molecule has 0 aromatic carbocycles. The average molecular weight is 392 g/mol. The summed E-state index contributed by atoms with van der Waals surface area (Å²) in [6.07, 6.45) is 6.83. The van der Waals surface area contributed by atoms with E-state index in [1.165, 1.54) is 0 Å². The molecule has 1 fully saturated rings. The van der Waals surface area contributed by atoms with Crippen LogP contribution < -0.4 is 5.73 Å². The van der Waals surface area contributed by atoms with Crippen molar-refractivity contribution in [3.63, 3.8) is 0 Å². The van der Waals surface area contributed by atoms with Gasteiger partial charge in [0, 0.05) is 6.04 Å². The zero-order chi connectivity index (χ0) is 8.69. The number of nitrogens with two attached hydrogens (primary N) is 1. The van der Waals surface area contributed by atoms with Gasteiger partial charge < -0.3 is 24.3 Å². The predicted molar refractivity (Wildman–Crippen MR) is 48.7 cm³/mol. The van der Waals surface area contributed by atoms with Crippen LogP contribution in [0.5, 0.6) is 0 Å². The van der Waals surface area contributed by atoms with E-state index >= 15 is 0 Å². The van der Waals surface area contributed by atoms with E-state index < -0.39 is 0 Å². The van der Waals surface area contributed by atoms with E-state index in [0.29, 0.717) is 12.0 Å². The van der Waals surface area contributed by atoms with E-state index in [2.05, 4.69) is 13.1 Å². The molecule has 0 saturated heterocycles. The molecule has 12 heavy (non-hydrogen) atoms. The number of nitrogens with one attached hydrogen (secondary N) is 1. The van der Waals surface area contributed by atoms with Crippen molar-refractivity contribution in [1.82, 2.24) is 0 Å². The van der Waals surface area contributed by atoms with Crippen LogP contribution in [0.15, 0.2) is 0 Å². The Hall–Kier alpha value is 0.682. The maximum atomic E-state index is 6.87. The van der Waals surface area contributed by atoms with E-state index in [4.69, 9.17) is 11.1 Å². The van der Waals surface area contributed by atoms with Gasteiger partial charge in [-0.3, -0.25) is 0 Å². The van der Waals surface area contributed by atoms with Gasteiger partial charge >= 0.3 is 31.1 Å². The van der Waals surface area contributed by atoms with Gasteiger partial charge in [0.2, 0.25) is 0 Å². The van der Waals surface area contributed by atoms with Crippen LogP contribution in [0.25, 0.3) is 0 Å². The Labute approximate surface area is 99.6 Å². The molecule has 0 bridgehead atoms. The van der Waals surface area contributed by atoms with Gasteiger partial charge in [-0.15, -0.1) is 0 Å². The van der Waals surface area contributed by atoms with Gasteiger partial charge in [-0.1, -0.05) is 12.8 Å². The summed E-state index contributed by atoms with van der Waals surface area (Å²) in [6, 6.07) is 0.398. The molecule has 0 aromatic heterocycles. The molecule has 0 radical (unpaired) electrons. The molecule has 68 valence electrons. The second kappa shape index (κ2) is 9.77. The Bertz CT molecular complexity index is 98.7. The molecule has 1 saturated carbocycles. The van der Waals surface area contributed by atoms with Crippen molar-refractivity contribution in [2.75, 3.05) is 0 Å². The molecule has 3 heteroatoms. The van der Waals surface area contributed by atoms with Gasteiger partial charge in [0.15, 0.2) is 0 Å². The summed E-state index contributed by atoms with van der Waals surface area (Å²) in [5.41, 5.74) is 5.66. The van der Waals surface area contributed by atoms with Crippen molar-refractivity contribution >= 4 is 6.21 Å². The molecule has 0 atom stereocenters. The molecule has 0 unspecified atom stereocenters. The zero-order valence-electron chi connectivity index (χ0n) is 7.77. The molecule has 1 rings (SSSR count). The topological polar surface area (TPSA) is 49.9 Å². The van der Waals surface area contributed by atoms with E-state index in [0.717, 1.165) is 25.7 Å². The average Bonchev–Trinajstić information content (AvgIpc) is 2.10. The quantitative estimate of drug-likeness (QED) is 0.520. The Morgan fingerprint density at radius 2 is 1.67 bits per heavy atom. The molecule has 0 spiro atoms.